The summed E-state index contributed by atoms with van der Waals surface area (Å²) >= 11 is 0. The van der Waals surface area contributed by atoms with Gasteiger partial charge in [0.05, 0.1) is 0 Å². The van der Waals surface area contributed by atoms with Gasteiger partial charge in [-0.15, -0.1) is 0 Å². The summed E-state index contributed by atoms with van der Waals surface area (Å²) in [5.74, 6) is 1.93. The summed E-state index contributed by atoms with van der Waals surface area (Å²) in [5.41, 5.74) is 0. The fourth-order valence-corrected chi connectivity index (χ4v) is 3.91. The predicted molar refractivity (Wildman–Crippen MR) is 68.6 cm³/mol. The molecule has 2 fully saturated rings. The third kappa shape index (κ3) is 2.42. The molecule has 0 N–H and O–H groups in total. The molecule has 2 saturated heterocycles. The molecule has 0 amide bonds. The molecule has 1 radical (unpaired) electrons. The van der Waals surface area contributed by atoms with Gasteiger partial charge in [0.1, 0.15) is 7.28 Å². The summed E-state index contributed by atoms with van der Waals surface area (Å²) < 4.78 is 0. The Morgan fingerprint density at radius 1 is 1.27 bits per heavy atom. The van der Waals surface area contributed by atoms with Crippen LogP contribution in [0.1, 0.15) is 71.6 Å². The van der Waals surface area contributed by atoms with Crippen molar-refractivity contribution in [2.75, 3.05) is 0 Å². The van der Waals surface area contributed by atoms with Crippen molar-refractivity contribution < 1.29 is 0 Å². The lowest BCUT2D eigenvalue weighted by molar-refractivity contribution is 0.252. The molecule has 2 bridgehead atoms. The minimum atomic E-state index is 0.663. The lowest BCUT2D eigenvalue weighted by atomic mass is 9.33. The monoisotopic (exact) mass is 205 g/mol. The van der Waals surface area contributed by atoms with Crippen molar-refractivity contribution in [1.29, 1.82) is 0 Å². The maximum Gasteiger partial charge on any atom is 0.122 e. The number of unbranched alkanes of at least 4 members (excludes halogenated alkanes) is 1. The van der Waals surface area contributed by atoms with E-state index >= 15 is 0 Å². The van der Waals surface area contributed by atoms with Crippen LogP contribution >= 0.6 is 0 Å². The third-order valence-electron chi connectivity index (χ3n) is 4.97. The Bertz CT molecular complexity index is 190. The normalized spacial score (nSPS) is 37.1. The molecule has 1 heteroatoms. The van der Waals surface area contributed by atoms with E-state index in [1.165, 1.54) is 57.8 Å². The summed E-state index contributed by atoms with van der Waals surface area (Å²) in [4.78, 5) is 0. The van der Waals surface area contributed by atoms with Crippen LogP contribution in [0.4, 0.5) is 0 Å². The summed E-state index contributed by atoms with van der Waals surface area (Å²) in [7, 11) is 2.78. The van der Waals surface area contributed by atoms with Crippen molar-refractivity contribution in [1.82, 2.24) is 0 Å². The highest BCUT2D eigenvalue weighted by molar-refractivity contribution is 6.42. The minimum Gasteiger partial charge on any atom is -0.0682 e. The fraction of sp³-hybridized carbons (Fsp3) is 1.00. The van der Waals surface area contributed by atoms with E-state index in [4.69, 9.17) is 0 Å². The minimum absolute atomic E-state index is 0.663. The third-order valence-corrected chi connectivity index (χ3v) is 4.97. The van der Waals surface area contributed by atoms with Crippen LogP contribution in [-0.4, -0.2) is 7.28 Å². The summed E-state index contributed by atoms with van der Waals surface area (Å²) in [6, 6.07) is 0. The second-order valence-corrected chi connectivity index (χ2v) is 5.99. The van der Waals surface area contributed by atoms with Gasteiger partial charge in [0.25, 0.3) is 0 Å². The van der Waals surface area contributed by atoms with E-state index in [2.05, 4.69) is 21.1 Å². The first kappa shape index (κ1) is 11.5. The summed E-state index contributed by atoms with van der Waals surface area (Å²) in [6.45, 7) is 4.83. The Morgan fingerprint density at radius 2 is 1.93 bits per heavy atom. The number of fused-ring (bicyclic) bond motifs is 2. The van der Waals surface area contributed by atoms with Gasteiger partial charge in [-0.3, -0.25) is 0 Å². The highest BCUT2D eigenvalue weighted by atomic mass is 14.4. The van der Waals surface area contributed by atoms with Gasteiger partial charge in [0, 0.05) is 0 Å². The highest BCUT2D eigenvalue weighted by Gasteiger charge is 2.42. The Morgan fingerprint density at radius 3 is 2.53 bits per heavy atom. The molecule has 0 nitrogen and oxygen atoms in total. The Labute approximate surface area is 96.5 Å². The number of hydrogen-bond acceptors (Lipinski definition) is 0. The molecule has 0 aromatic carbocycles. The molecule has 0 saturated carbocycles. The van der Waals surface area contributed by atoms with Crippen molar-refractivity contribution in [2.24, 2.45) is 5.92 Å². The van der Waals surface area contributed by atoms with Gasteiger partial charge in [-0.1, -0.05) is 82.8 Å². The van der Waals surface area contributed by atoms with E-state index in [-0.39, 0.29) is 0 Å². The molecule has 2 rings (SSSR count). The smallest absolute Gasteiger partial charge is 0.0682 e. The van der Waals surface area contributed by atoms with E-state index in [1.54, 1.807) is 0 Å². The highest BCUT2D eigenvalue weighted by Crippen LogP contribution is 2.56. The number of rotatable bonds is 4. The van der Waals surface area contributed by atoms with Gasteiger partial charge >= 0.3 is 0 Å². The molecule has 0 spiro atoms. The SMILES string of the molecule is CCCCC(C)C12[B]C(CCC1)CCC2. The molecule has 2 aliphatic rings. The largest absolute Gasteiger partial charge is 0.122 e. The van der Waals surface area contributed by atoms with Crippen LogP contribution in [0.25, 0.3) is 0 Å². The molecular formula is C14H26B. The maximum atomic E-state index is 2.78. The van der Waals surface area contributed by atoms with Crippen LogP contribution in [0.2, 0.25) is 11.1 Å². The van der Waals surface area contributed by atoms with Gasteiger partial charge in [-0.2, -0.15) is 0 Å². The molecule has 15 heavy (non-hydrogen) atoms. The van der Waals surface area contributed by atoms with E-state index < -0.39 is 0 Å². The van der Waals surface area contributed by atoms with E-state index in [9.17, 15) is 0 Å². The topological polar surface area (TPSA) is 0 Å². The van der Waals surface area contributed by atoms with Crippen molar-refractivity contribution in [3.63, 3.8) is 0 Å². The Kier molecular flexibility index (Phi) is 3.80. The van der Waals surface area contributed by atoms with E-state index in [0.29, 0.717) is 5.31 Å². The summed E-state index contributed by atoms with van der Waals surface area (Å²) in [6.07, 6.45) is 13.2. The molecule has 2 aliphatic heterocycles. The van der Waals surface area contributed by atoms with Crippen LogP contribution in [0.5, 0.6) is 0 Å². The van der Waals surface area contributed by atoms with Crippen LogP contribution < -0.4 is 0 Å². The first-order valence-electron chi connectivity index (χ1n) is 7.13. The Balaban J connectivity index is 1.96. The molecule has 1 atom stereocenters. The van der Waals surface area contributed by atoms with Crippen molar-refractivity contribution in [2.45, 2.75) is 82.8 Å². The second-order valence-electron chi connectivity index (χ2n) is 5.99. The van der Waals surface area contributed by atoms with Crippen LogP contribution in [0, 0.1) is 5.92 Å². The lowest BCUT2D eigenvalue weighted by Gasteiger charge is -2.48. The van der Waals surface area contributed by atoms with E-state index in [1.807, 2.05) is 0 Å². The Hall–Kier alpha value is 0.0649. The number of hydrogen-bond donors (Lipinski definition) is 0. The zero-order valence-corrected chi connectivity index (χ0v) is 10.6. The molecule has 0 aromatic heterocycles. The average molecular weight is 205 g/mol. The van der Waals surface area contributed by atoms with Crippen molar-refractivity contribution >= 4 is 7.28 Å². The summed E-state index contributed by atoms with van der Waals surface area (Å²) in [5, 5.41) is 0.663. The van der Waals surface area contributed by atoms with Crippen LogP contribution in [-0.2, 0) is 0 Å². The van der Waals surface area contributed by atoms with Crippen LogP contribution in [0.15, 0.2) is 0 Å². The standard InChI is InChI=1S/C14H26B/c1-3-4-7-12(2)14-10-5-8-13(15-14)9-6-11-14/h12-13H,3-11H2,1-2H3. The van der Waals surface area contributed by atoms with Crippen LogP contribution in [0.3, 0.4) is 0 Å². The zero-order valence-electron chi connectivity index (χ0n) is 10.6. The van der Waals surface area contributed by atoms with Crippen molar-refractivity contribution in [3.05, 3.63) is 0 Å². The first-order valence-corrected chi connectivity index (χ1v) is 7.13. The predicted octanol–water partition coefficient (Wildman–Crippen LogP) is 4.83. The van der Waals surface area contributed by atoms with Gasteiger partial charge < -0.3 is 0 Å². The lowest BCUT2D eigenvalue weighted by Crippen LogP contribution is -2.37. The fourth-order valence-electron chi connectivity index (χ4n) is 3.91. The van der Waals surface area contributed by atoms with Crippen molar-refractivity contribution in [3.8, 4) is 0 Å². The molecule has 85 valence electrons. The van der Waals surface area contributed by atoms with Gasteiger partial charge in [-0.05, 0) is 5.92 Å². The van der Waals surface area contributed by atoms with Gasteiger partial charge in [0.2, 0.25) is 0 Å². The molecule has 2 heterocycles. The zero-order chi connectivity index (χ0) is 10.7. The maximum absolute atomic E-state index is 2.78. The average Bonchev–Trinajstić information content (AvgIpc) is 2.26. The second kappa shape index (κ2) is 4.93. The first-order chi connectivity index (χ1) is 7.27. The molecule has 1 unspecified atom stereocenters. The molecular weight excluding hydrogens is 179 g/mol. The molecule has 0 aliphatic carbocycles. The van der Waals surface area contributed by atoms with Gasteiger partial charge in [-0.25, -0.2) is 0 Å². The van der Waals surface area contributed by atoms with E-state index in [0.717, 1.165) is 11.7 Å². The quantitative estimate of drug-likeness (QED) is 0.576. The molecule has 0 aromatic rings. The van der Waals surface area contributed by atoms with Gasteiger partial charge in [0.15, 0.2) is 0 Å².